The molecule has 11 heavy (non-hydrogen) atoms. The molecule has 0 aromatic heterocycles. The summed E-state index contributed by atoms with van der Waals surface area (Å²) in [5, 5.41) is 9.50. The summed E-state index contributed by atoms with van der Waals surface area (Å²) in [5.41, 5.74) is 0. The lowest BCUT2D eigenvalue weighted by molar-refractivity contribution is -0.146. The SMILES string of the molecule is CC1CC2CC(OC2=O)C1O. The third-order valence-electron chi connectivity index (χ3n) is 2.74. The molecule has 0 spiro atoms. The van der Waals surface area contributed by atoms with E-state index in [4.69, 9.17) is 4.74 Å². The van der Waals surface area contributed by atoms with E-state index >= 15 is 0 Å². The lowest BCUT2D eigenvalue weighted by Crippen LogP contribution is -2.35. The Kier molecular flexibility index (Phi) is 1.42. The van der Waals surface area contributed by atoms with Crippen LogP contribution in [0.15, 0.2) is 0 Å². The van der Waals surface area contributed by atoms with Gasteiger partial charge >= 0.3 is 5.97 Å². The first kappa shape index (κ1) is 7.10. The summed E-state index contributed by atoms with van der Waals surface area (Å²) in [6, 6.07) is 0. The van der Waals surface area contributed by atoms with E-state index in [1.165, 1.54) is 0 Å². The maximum atomic E-state index is 11.0. The predicted molar refractivity (Wildman–Crippen MR) is 37.8 cm³/mol. The van der Waals surface area contributed by atoms with E-state index in [9.17, 15) is 9.90 Å². The molecular weight excluding hydrogens is 144 g/mol. The Morgan fingerprint density at radius 3 is 3.00 bits per heavy atom. The number of aliphatic hydroxyl groups is 1. The van der Waals surface area contributed by atoms with Crippen molar-refractivity contribution in [2.24, 2.45) is 11.8 Å². The van der Waals surface area contributed by atoms with Gasteiger partial charge in [-0.05, 0) is 12.3 Å². The van der Waals surface area contributed by atoms with Crippen LogP contribution in [0.4, 0.5) is 0 Å². The van der Waals surface area contributed by atoms with E-state index < -0.39 is 6.10 Å². The first-order chi connectivity index (χ1) is 5.18. The topological polar surface area (TPSA) is 46.5 Å². The summed E-state index contributed by atoms with van der Waals surface area (Å²) >= 11 is 0. The molecule has 1 N–H and O–H groups in total. The number of esters is 1. The molecular formula is C8H12O3. The van der Waals surface area contributed by atoms with Crippen LogP contribution in [0.2, 0.25) is 0 Å². The zero-order chi connectivity index (χ0) is 8.01. The van der Waals surface area contributed by atoms with Gasteiger partial charge in [0.25, 0.3) is 0 Å². The summed E-state index contributed by atoms with van der Waals surface area (Å²) in [5.74, 6) is 0.169. The van der Waals surface area contributed by atoms with Crippen molar-refractivity contribution >= 4 is 5.97 Å². The van der Waals surface area contributed by atoms with Crippen LogP contribution < -0.4 is 0 Å². The molecule has 1 saturated heterocycles. The van der Waals surface area contributed by atoms with Gasteiger partial charge < -0.3 is 9.84 Å². The normalized spacial score (nSPS) is 49.1. The molecule has 2 rings (SSSR count). The smallest absolute Gasteiger partial charge is 0.309 e. The van der Waals surface area contributed by atoms with Gasteiger partial charge in [-0.2, -0.15) is 0 Å². The molecule has 0 aromatic carbocycles. The molecule has 1 aliphatic carbocycles. The number of carbonyl (C=O) groups is 1. The Hall–Kier alpha value is -0.570. The number of hydrogen-bond acceptors (Lipinski definition) is 3. The number of aliphatic hydroxyl groups excluding tert-OH is 1. The number of fused-ring (bicyclic) bond motifs is 2. The summed E-state index contributed by atoms with van der Waals surface area (Å²) < 4.78 is 4.98. The van der Waals surface area contributed by atoms with Gasteiger partial charge in [-0.1, -0.05) is 6.92 Å². The zero-order valence-corrected chi connectivity index (χ0v) is 6.49. The summed E-state index contributed by atoms with van der Waals surface area (Å²) in [4.78, 5) is 11.0. The molecule has 62 valence electrons. The number of ether oxygens (including phenoxy) is 1. The minimum Gasteiger partial charge on any atom is -0.459 e. The van der Waals surface area contributed by atoms with Crippen molar-refractivity contribution < 1.29 is 14.6 Å². The first-order valence-electron chi connectivity index (χ1n) is 4.07. The van der Waals surface area contributed by atoms with Gasteiger partial charge in [0, 0.05) is 6.42 Å². The van der Waals surface area contributed by atoms with Gasteiger partial charge in [0.05, 0.1) is 12.0 Å². The Morgan fingerprint density at radius 2 is 2.27 bits per heavy atom. The highest BCUT2D eigenvalue weighted by atomic mass is 16.6. The highest BCUT2D eigenvalue weighted by molar-refractivity contribution is 5.75. The van der Waals surface area contributed by atoms with Crippen molar-refractivity contribution in [3.8, 4) is 0 Å². The average Bonchev–Trinajstić information content (AvgIpc) is 2.26. The number of hydrogen-bond donors (Lipinski definition) is 1. The maximum Gasteiger partial charge on any atom is 0.309 e. The molecule has 4 atom stereocenters. The Bertz CT molecular complexity index is 190. The van der Waals surface area contributed by atoms with Crippen LogP contribution in [0.25, 0.3) is 0 Å². The fourth-order valence-corrected chi connectivity index (χ4v) is 2.03. The van der Waals surface area contributed by atoms with Crippen LogP contribution in [0, 0.1) is 11.8 Å². The van der Waals surface area contributed by atoms with E-state index in [2.05, 4.69) is 0 Å². The largest absolute Gasteiger partial charge is 0.459 e. The van der Waals surface area contributed by atoms with Crippen molar-refractivity contribution in [3.63, 3.8) is 0 Å². The molecule has 1 aliphatic heterocycles. The van der Waals surface area contributed by atoms with Crippen LogP contribution in [0.5, 0.6) is 0 Å². The Morgan fingerprint density at radius 1 is 1.55 bits per heavy atom. The lowest BCUT2D eigenvalue weighted by Gasteiger charge is -2.26. The molecule has 0 radical (unpaired) electrons. The number of carbonyl (C=O) groups excluding carboxylic acids is 1. The van der Waals surface area contributed by atoms with Crippen molar-refractivity contribution in [1.29, 1.82) is 0 Å². The van der Waals surface area contributed by atoms with Crippen molar-refractivity contribution in [1.82, 2.24) is 0 Å². The molecule has 1 heterocycles. The van der Waals surface area contributed by atoms with Crippen LogP contribution in [0.1, 0.15) is 19.8 Å². The zero-order valence-electron chi connectivity index (χ0n) is 6.49. The maximum absolute atomic E-state index is 11.0. The summed E-state index contributed by atoms with van der Waals surface area (Å²) in [6.45, 7) is 1.96. The molecule has 0 aromatic rings. The second-order valence-electron chi connectivity index (χ2n) is 3.61. The van der Waals surface area contributed by atoms with Gasteiger partial charge in [0.1, 0.15) is 6.10 Å². The van der Waals surface area contributed by atoms with Crippen LogP contribution in [-0.2, 0) is 9.53 Å². The molecule has 3 heteroatoms. The Labute approximate surface area is 65.4 Å². The van der Waals surface area contributed by atoms with E-state index in [-0.39, 0.29) is 23.9 Å². The molecule has 0 amide bonds. The average molecular weight is 156 g/mol. The van der Waals surface area contributed by atoms with E-state index in [1.807, 2.05) is 6.92 Å². The lowest BCUT2D eigenvalue weighted by atomic mass is 9.81. The number of rotatable bonds is 0. The van der Waals surface area contributed by atoms with Crippen molar-refractivity contribution in [2.45, 2.75) is 32.0 Å². The van der Waals surface area contributed by atoms with E-state index in [1.54, 1.807) is 0 Å². The van der Waals surface area contributed by atoms with E-state index in [0.29, 0.717) is 0 Å². The molecule has 4 unspecified atom stereocenters. The van der Waals surface area contributed by atoms with Crippen LogP contribution >= 0.6 is 0 Å². The third kappa shape index (κ3) is 0.948. The highest BCUT2D eigenvalue weighted by Crippen LogP contribution is 2.37. The minimum absolute atomic E-state index is 0.0680. The Balaban J connectivity index is 2.18. The van der Waals surface area contributed by atoms with Gasteiger partial charge in [-0.15, -0.1) is 0 Å². The molecule has 2 fully saturated rings. The monoisotopic (exact) mass is 156 g/mol. The van der Waals surface area contributed by atoms with Crippen molar-refractivity contribution in [2.75, 3.05) is 0 Å². The highest BCUT2D eigenvalue weighted by Gasteiger charge is 2.45. The summed E-state index contributed by atoms with van der Waals surface area (Å²) in [6.07, 6.45) is 0.870. The van der Waals surface area contributed by atoms with Gasteiger partial charge in [-0.25, -0.2) is 0 Å². The van der Waals surface area contributed by atoms with Crippen molar-refractivity contribution in [3.05, 3.63) is 0 Å². The van der Waals surface area contributed by atoms with Gasteiger partial charge in [0.2, 0.25) is 0 Å². The molecule has 3 nitrogen and oxygen atoms in total. The molecule has 2 aliphatic rings. The first-order valence-corrected chi connectivity index (χ1v) is 4.07. The molecule has 2 bridgehead atoms. The fourth-order valence-electron chi connectivity index (χ4n) is 2.03. The van der Waals surface area contributed by atoms with Crippen LogP contribution in [0.3, 0.4) is 0 Å². The standard InChI is InChI=1S/C8H12O3/c1-4-2-5-3-6(7(4)9)11-8(5)10/h4-7,9H,2-3H2,1H3. The fraction of sp³-hybridized carbons (Fsp3) is 0.875. The van der Waals surface area contributed by atoms with Gasteiger partial charge in [0.15, 0.2) is 0 Å². The van der Waals surface area contributed by atoms with Crippen LogP contribution in [-0.4, -0.2) is 23.3 Å². The van der Waals surface area contributed by atoms with E-state index in [0.717, 1.165) is 12.8 Å². The predicted octanol–water partition coefficient (Wildman–Crippen LogP) is 0.319. The second kappa shape index (κ2) is 2.21. The minimum atomic E-state index is -0.433. The van der Waals surface area contributed by atoms with Gasteiger partial charge in [-0.3, -0.25) is 4.79 Å². The summed E-state index contributed by atoms with van der Waals surface area (Å²) in [7, 11) is 0. The molecule has 1 saturated carbocycles. The third-order valence-corrected chi connectivity index (χ3v) is 2.74. The quantitative estimate of drug-likeness (QED) is 0.514. The second-order valence-corrected chi connectivity index (χ2v) is 3.61.